The van der Waals surface area contributed by atoms with E-state index in [2.05, 4.69) is 111 Å². The van der Waals surface area contributed by atoms with Crippen molar-refractivity contribution in [1.82, 2.24) is 0 Å². The molecule has 136 valence electrons. The van der Waals surface area contributed by atoms with Gasteiger partial charge < -0.3 is 0 Å². The van der Waals surface area contributed by atoms with Gasteiger partial charge >= 0.3 is 0 Å². The molecule has 0 unspecified atom stereocenters. The molecule has 3 rings (SSSR count). The molecular formula is C23H29IPSi+. The van der Waals surface area contributed by atoms with Gasteiger partial charge in [0.05, 0.1) is 6.16 Å². The highest BCUT2D eigenvalue weighted by Gasteiger charge is 2.45. The van der Waals surface area contributed by atoms with E-state index in [-0.39, 0.29) is 24.0 Å². The van der Waals surface area contributed by atoms with E-state index in [0.717, 1.165) is 0 Å². The maximum absolute atomic E-state index is 2.49. The molecule has 0 aliphatic rings. The molecule has 0 radical (unpaired) electrons. The van der Waals surface area contributed by atoms with Gasteiger partial charge in [0.25, 0.3) is 0 Å². The summed E-state index contributed by atoms with van der Waals surface area (Å²) in [5.41, 5.74) is 0. The molecule has 0 aliphatic carbocycles. The largest absolute Gasteiger partial charge is 0.111 e. The van der Waals surface area contributed by atoms with E-state index in [0.29, 0.717) is 0 Å². The summed E-state index contributed by atoms with van der Waals surface area (Å²) in [6.45, 7) is 7.47. The second-order valence-electron chi connectivity index (χ2n) is 7.85. The summed E-state index contributed by atoms with van der Waals surface area (Å²) in [4.78, 5) is 0. The van der Waals surface area contributed by atoms with Gasteiger partial charge in [0.15, 0.2) is 0 Å². The molecule has 3 heteroatoms. The first-order chi connectivity index (χ1) is 12.0. The smallest absolute Gasteiger partial charge is 0.107 e. The number of benzene rings is 3. The zero-order valence-electron chi connectivity index (χ0n) is 15.9. The van der Waals surface area contributed by atoms with Gasteiger partial charge in [-0.25, -0.2) is 0 Å². The monoisotopic (exact) mass is 491 g/mol. The molecule has 0 spiro atoms. The normalized spacial score (nSPS) is 11.7. The highest BCUT2D eigenvalue weighted by molar-refractivity contribution is 14.0. The minimum atomic E-state index is -1.61. The van der Waals surface area contributed by atoms with Crippen LogP contribution in [0.15, 0.2) is 91.0 Å². The van der Waals surface area contributed by atoms with Crippen molar-refractivity contribution in [2.75, 3.05) is 6.16 Å². The summed E-state index contributed by atoms with van der Waals surface area (Å²) in [7, 11) is -2.75. The van der Waals surface area contributed by atoms with Crippen LogP contribution in [0.5, 0.6) is 0 Å². The SMILES string of the molecule is C[Si](C)(C)CC[P+](c1ccccc1)(c1ccccc1)c1ccccc1.I. The van der Waals surface area contributed by atoms with E-state index in [4.69, 9.17) is 0 Å². The van der Waals surface area contributed by atoms with Gasteiger partial charge in [-0.15, -0.1) is 24.0 Å². The Kier molecular flexibility index (Phi) is 7.63. The minimum absolute atomic E-state index is 0. The van der Waals surface area contributed by atoms with Crippen LogP contribution in [0.4, 0.5) is 0 Å². The van der Waals surface area contributed by atoms with Crippen LogP contribution in [0.2, 0.25) is 25.7 Å². The van der Waals surface area contributed by atoms with Crippen LogP contribution < -0.4 is 15.9 Å². The predicted octanol–water partition coefficient (Wildman–Crippen LogP) is 5.94. The summed E-state index contributed by atoms with van der Waals surface area (Å²) in [5, 5.41) is 4.52. The summed E-state index contributed by atoms with van der Waals surface area (Å²) in [6.07, 6.45) is 1.26. The third-order valence-electron chi connectivity index (χ3n) is 4.79. The average Bonchev–Trinajstić information content (AvgIpc) is 2.64. The topological polar surface area (TPSA) is 0 Å². The third kappa shape index (κ3) is 4.85. The lowest BCUT2D eigenvalue weighted by Crippen LogP contribution is -2.35. The second-order valence-corrected chi connectivity index (χ2v) is 17.1. The number of hydrogen-bond acceptors (Lipinski definition) is 0. The molecule has 0 aliphatic heterocycles. The van der Waals surface area contributed by atoms with Crippen LogP contribution in [-0.2, 0) is 0 Å². The summed E-state index contributed by atoms with van der Waals surface area (Å²) in [5.74, 6) is 0. The van der Waals surface area contributed by atoms with E-state index >= 15 is 0 Å². The number of rotatable bonds is 6. The molecule has 3 aromatic rings. The molecular weight excluding hydrogens is 462 g/mol. The van der Waals surface area contributed by atoms with Gasteiger partial charge in [-0.1, -0.05) is 74.2 Å². The maximum Gasteiger partial charge on any atom is 0.111 e. The van der Waals surface area contributed by atoms with Gasteiger partial charge in [0, 0.05) is 8.07 Å². The van der Waals surface area contributed by atoms with Gasteiger partial charge in [0.1, 0.15) is 23.2 Å². The summed E-state index contributed by atoms with van der Waals surface area (Å²) < 4.78 is 0. The predicted molar refractivity (Wildman–Crippen MR) is 134 cm³/mol. The number of halogens is 1. The lowest BCUT2D eigenvalue weighted by atomic mass is 10.4. The lowest BCUT2D eigenvalue weighted by Gasteiger charge is -2.30. The zero-order chi connectivity index (χ0) is 17.8. The second kappa shape index (κ2) is 9.30. The minimum Gasteiger partial charge on any atom is -0.107 e. The average molecular weight is 491 g/mol. The molecule has 0 saturated heterocycles. The molecule has 0 amide bonds. The van der Waals surface area contributed by atoms with Crippen molar-refractivity contribution < 1.29 is 0 Å². The Bertz CT molecular complexity index is 686. The Hall–Kier alpha value is -0.963. The van der Waals surface area contributed by atoms with Crippen LogP contribution in [0.3, 0.4) is 0 Å². The van der Waals surface area contributed by atoms with E-state index in [1.54, 1.807) is 0 Å². The van der Waals surface area contributed by atoms with Gasteiger partial charge in [-0.3, -0.25) is 0 Å². The van der Waals surface area contributed by atoms with Crippen molar-refractivity contribution in [3.8, 4) is 0 Å². The first-order valence-corrected chi connectivity index (χ1v) is 14.8. The summed E-state index contributed by atoms with van der Waals surface area (Å²) in [6, 6.07) is 35.0. The molecule has 0 N–H and O–H groups in total. The Morgan fingerprint density at radius 2 is 0.885 bits per heavy atom. The molecule has 0 fully saturated rings. The Balaban J connectivity index is 0.00000243. The fourth-order valence-electron chi connectivity index (χ4n) is 3.39. The first-order valence-electron chi connectivity index (χ1n) is 9.07. The van der Waals surface area contributed by atoms with Gasteiger partial charge in [-0.2, -0.15) is 0 Å². The molecule has 0 saturated carbocycles. The fraction of sp³-hybridized carbons (Fsp3) is 0.217. The van der Waals surface area contributed by atoms with Crippen molar-refractivity contribution in [3.63, 3.8) is 0 Å². The van der Waals surface area contributed by atoms with E-state index < -0.39 is 15.3 Å². The van der Waals surface area contributed by atoms with Gasteiger partial charge in [0.2, 0.25) is 0 Å². The molecule has 0 heterocycles. The molecule has 3 aromatic carbocycles. The standard InChI is InChI=1S/C23H28PSi.HI/c1-25(2,3)20-19-24(21-13-7-4-8-14-21,22-15-9-5-10-16-22)23-17-11-6-12-18-23;/h4-18H,19-20H2,1-3H3;1H/q+1;. The summed E-state index contributed by atoms with van der Waals surface area (Å²) >= 11 is 0. The van der Waals surface area contributed by atoms with Crippen LogP contribution in [0, 0.1) is 0 Å². The number of hydrogen-bond donors (Lipinski definition) is 0. The van der Waals surface area contributed by atoms with Crippen molar-refractivity contribution >= 4 is 55.2 Å². The fourth-order valence-corrected chi connectivity index (χ4v) is 11.1. The molecule has 0 nitrogen and oxygen atoms in total. The molecule has 26 heavy (non-hydrogen) atoms. The van der Waals surface area contributed by atoms with Crippen LogP contribution in [0.1, 0.15) is 0 Å². The molecule has 0 bridgehead atoms. The Morgan fingerprint density at radius 3 is 1.15 bits per heavy atom. The molecule has 0 aromatic heterocycles. The Labute approximate surface area is 177 Å². The van der Waals surface area contributed by atoms with Crippen molar-refractivity contribution in [1.29, 1.82) is 0 Å². The van der Waals surface area contributed by atoms with Crippen molar-refractivity contribution in [3.05, 3.63) is 91.0 Å². The first kappa shape index (κ1) is 21.3. The molecule has 0 atom stereocenters. The van der Waals surface area contributed by atoms with E-state index in [1.165, 1.54) is 28.1 Å². The van der Waals surface area contributed by atoms with Gasteiger partial charge in [-0.05, 0) is 42.4 Å². The van der Waals surface area contributed by atoms with Crippen molar-refractivity contribution in [2.45, 2.75) is 25.7 Å². The zero-order valence-corrected chi connectivity index (χ0v) is 20.2. The van der Waals surface area contributed by atoms with E-state index in [1.807, 2.05) is 0 Å². The quantitative estimate of drug-likeness (QED) is 0.228. The highest BCUT2D eigenvalue weighted by Crippen LogP contribution is 2.56. The Morgan fingerprint density at radius 1 is 0.577 bits per heavy atom. The highest BCUT2D eigenvalue weighted by atomic mass is 127. The third-order valence-corrected chi connectivity index (χ3v) is 11.4. The maximum atomic E-state index is 2.49. The van der Waals surface area contributed by atoms with Crippen molar-refractivity contribution in [2.24, 2.45) is 0 Å². The lowest BCUT2D eigenvalue weighted by molar-refractivity contribution is 1.36. The van der Waals surface area contributed by atoms with E-state index in [9.17, 15) is 0 Å². The van der Waals surface area contributed by atoms with Crippen LogP contribution in [0.25, 0.3) is 0 Å². The van der Waals surface area contributed by atoms with Crippen LogP contribution >= 0.6 is 31.2 Å². The van der Waals surface area contributed by atoms with Crippen LogP contribution in [-0.4, -0.2) is 14.2 Å².